The average Bonchev–Trinajstić information content (AvgIpc) is 3.07. The standard InChI is InChI=1S/C19H19N3O2S2/c1-3-24-16-12-8-7-11-15(16)20-18(23)17(14-9-5-4-6-10-14)26-19-22-21-13(2)25-19/h4-12,17H,3H2,1-2H3,(H,20,23)/t17-/m0/s1. The van der Waals surface area contributed by atoms with E-state index in [9.17, 15) is 4.79 Å². The number of aromatic nitrogens is 2. The van der Waals surface area contributed by atoms with Crippen LogP contribution in [0, 0.1) is 6.92 Å². The summed E-state index contributed by atoms with van der Waals surface area (Å²) in [4.78, 5) is 13.0. The molecule has 26 heavy (non-hydrogen) atoms. The number of rotatable bonds is 7. The molecule has 0 fully saturated rings. The molecule has 1 aromatic heterocycles. The highest BCUT2D eigenvalue weighted by molar-refractivity contribution is 8.01. The summed E-state index contributed by atoms with van der Waals surface area (Å²) in [7, 11) is 0. The highest BCUT2D eigenvalue weighted by Crippen LogP contribution is 2.38. The van der Waals surface area contributed by atoms with Crippen LogP contribution in [0.1, 0.15) is 22.7 Å². The Labute approximate surface area is 160 Å². The lowest BCUT2D eigenvalue weighted by atomic mass is 10.1. The fraction of sp³-hybridized carbons (Fsp3) is 0.211. The first-order valence-electron chi connectivity index (χ1n) is 8.21. The Morgan fingerprint density at radius 1 is 1.15 bits per heavy atom. The molecule has 1 heterocycles. The third-order valence-corrected chi connectivity index (χ3v) is 5.69. The fourth-order valence-corrected chi connectivity index (χ4v) is 4.38. The molecule has 2 aromatic carbocycles. The van der Waals surface area contributed by atoms with Crippen molar-refractivity contribution in [3.8, 4) is 5.75 Å². The number of benzene rings is 2. The van der Waals surface area contributed by atoms with Crippen molar-refractivity contribution in [3.05, 3.63) is 65.2 Å². The maximum Gasteiger partial charge on any atom is 0.242 e. The van der Waals surface area contributed by atoms with E-state index in [0.29, 0.717) is 18.0 Å². The normalized spacial score (nSPS) is 11.8. The molecule has 0 saturated heterocycles. The molecule has 0 aliphatic heterocycles. The summed E-state index contributed by atoms with van der Waals surface area (Å²) < 4.78 is 6.37. The third kappa shape index (κ3) is 4.62. The molecule has 0 spiro atoms. The van der Waals surface area contributed by atoms with E-state index in [2.05, 4.69) is 15.5 Å². The van der Waals surface area contributed by atoms with Gasteiger partial charge in [-0.2, -0.15) is 0 Å². The zero-order valence-electron chi connectivity index (χ0n) is 14.5. The number of para-hydroxylation sites is 2. The van der Waals surface area contributed by atoms with Crippen LogP contribution in [-0.4, -0.2) is 22.7 Å². The minimum atomic E-state index is -0.432. The summed E-state index contributed by atoms with van der Waals surface area (Å²) in [5, 5.41) is 11.6. The van der Waals surface area contributed by atoms with E-state index >= 15 is 0 Å². The molecule has 1 N–H and O–H groups in total. The summed E-state index contributed by atoms with van der Waals surface area (Å²) in [6.07, 6.45) is 0. The largest absolute Gasteiger partial charge is 0.492 e. The molecule has 0 bridgehead atoms. The number of carbonyl (C=O) groups is 1. The molecule has 3 aromatic rings. The molecule has 7 heteroatoms. The second-order valence-electron chi connectivity index (χ2n) is 5.41. The van der Waals surface area contributed by atoms with Gasteiger partial charge in [-0.1, -0.05) is 65.6 Å². The van der Waals surface area contributed by atoms with Gasteiger partial charge in [0, 0.05) is 0 Å². The van der Waals surface area contributed by atoms with Crippen LogP contribution in [0.5, 0.6) is 5.75 Å². The fourth-order valence-electron chi connectivity index (χ4n) is 2.38. The first-order valence-corrected chi connectivity index (χ1v) is 9.91. The Morgan fingerprint density at radius 2 is 1.88 bits per heavy atom. The van der Waals surface area contributed by atoms with Gasteiger partial charge < -0.3 is 10.1 Å². The number of ether oxygens (including phenoxy) is 1. The van der Waals surface area contributed by atoms with E-state index in [1.807, 2.05) is 68.4 Å². The first kappa shape index (κ1) is 18.4. The molecule has 0 unspecified atom stereocenters. The highest BCUT2D eigenvalue weighted by Gasteiger charge is 2.24. The van der Waals surface area contributed by atoms with E-state index in [1.54, 1.807) is 0 Å². The van der Waals surface area contributed by atoms with Gasteiger partial charge in [0.15, 0.2) is 4.34 Å². The van der Waals surface area contributed by atoms with Gasteiger partial charge in [-0.25, -0.2) is 0 Å². The van der Waals surface area contributed by atoms with Crippen molar-refractivity contribution >= 4 is 34.7 Å². The molecule has 134 valence electrons. The van der Waals surface area contributed by atoms with Crippen molar-refractivity contribution in [1.29, 1.82) is 0 Å². The quantitative estimate of drug-likeness (QED) is 0.596. The van der Waals surface area contributed by atoms with Gasteiger partial charge >= 0.3 is 0 Å². The molecular weight excluding hydrogens is 366 g/mol. The summed E-state index contributed by atoms with van der Waals surface area (Å²) in [6, 6.07) is 17.1. The Morgan fingerprint density at radius 3 is 2.58 bits per heavy atom. The van der Waals surface area contributed by atoms with Crippen LogP contribution in [0.4, 0.5) is 5.69 Å². The lowest BCUT2D eigenvalue weighted by Gasteiger charge is -2.17. The number of nitrogens with zero attached hydrogens (tertiary/aromatic N) is 2. The summed E-state index contributed by atoms with van der Waals surface area (Å²) in [5.74, 6) is 0.535. The Balaban J connectivity index is 1.85. The van der Waals surface area contributed by atoms with Gasteiger partial charge in [0.25, 0.3) is 0 Å². The van der Waals surface area contributed by atoms with E-state index in [-0.39, 0.29) is 5.91 Å². The molecular formula is C19H19N3O2S2. The van der Waals surface area contributed by atoms with Crippen LogP contribution in [0.25, 0.3) is 0 Å². The van der Waals surface area contributed by atoms with Gasteiger partial charge in [-0.05, 0) is 31.5 Å². The van der Waals surface area contributed by atoms with Gasteiger partial charge in [-0.3, -0.25) is 4.79 Å². The number of aryl methyl sites for hydroxylation is 1. The topological polar surface area (TPSA) is 64.1 Å². The number of thioether (sulfide) groups is 1. The highest BCUT2D eigenvalue weighted by atomic mass is 32.2. The smallest absolute Gasteiger partial charge is 0.242 e. The lowest BCUT2D eigenvalue weighted by molar-refractivity contribution is -0.115. The van der Waals surface area contributed by atoms with Gasteiger partial charge in [0.1, 0.15) is 16.0 Å². The lowest BCUT2D eigenvalue weighted by Crippen LogP contribution is -2.19. The molecule has 0 aliphatic rings. The minimum absolute atomic E-state index is 0.124. The van der Waals surface area contributed by atoms with Crippen molar-refractivity contribution in [2.75, 3.05) is 11.9 Å². The molecule has 3 rings (SSSR count). The molecule has 0 radical (unpaired) electrons. The predicted octanol–water partition coefficient (Wildman–Crippen LogP) is 4.72. The maximum atomic E-state index is 13.0. The summed E-state index contributed by atoms with van der Waals surface area (Å²) >= 11 is 2.88. The van der Waals surface area contributed by atoms with Crippen molar-refractivity contribution in [3.63, 3.8) is 0 Å². The van der Waals surface area contributed by atoms with E-state index < -0.39 is 5.25 Å². The van der Waals surface area contributed by atoms with Gasteiger partial charge in [-0.15, -0.1) is 10.2 Å². The molecule has 1 amide bonds. The van der Waals surface area contributed by atoms with Crippen molar-refractivity contribution in [1.82, 2.24) is 10.2 Å². The van der Waals surface area contributed by atoms with Crippen LogP contribution >= 0.6 is 23.1 Å². The monoisotopic (exact) mass is 385 g/mol. The number of hydrogen-bond donors (Lipinski definition) is 1. The van der Waals surface area contributed by atoms with Crippen molar-refractivity contribution in [2.45, 2.75) is 23.4 Å². The Hall–Kier alpha value is -2.38. The SMILES string of the molecule is CCOc1ccccc1NC(=O)[C@@H](Sc1nnc(C)s1)c1ccccc1. The van der Waals surface area contributed by atoms with Crippen LogP contribution < -0.4 is 10.1 Å². The van der Waals surface area contributed by atoms with E-state index in [0.717, 1.165) is 14.9 Å². The van der Waals surface area contributed by atoms with Gasteiger partial charge in [0.2, 0.25) is 5.91 Å². The summed E-state index contributed by atoms with van der Waals surface area (Å²) in [6.45, 7) is 4.35. The molecule has 0 saturated carbocycles. The molecule has 1 atom stereocenters. The van der Waals surface area contributed by atoms with E-state index in [1.165, 1.54) is 23.1 Å². The number of hydrogen-bond acceptors (Lipinski definition) is 6. The van der Waals surface area contributed by atoms with Crippen LogP contribution in [0.15, 0.2) is 58.9 Å². The second-order valence-corrected chi connectivity index (χ2v) is 7.95. The van der Waals surface area contributed by atoms with Gasteiger partial charge in [0.05, 0.1) is 12.3 Å². The Kier molecular flexibility index (Phi) is 6.25. The zero-order valence-corrected chi connectivity index (χ0v) is 16.1. The number of nitrogens with one attached hydrogen (secondary N) is 1. The first-order chi connectivity index (χ1) is 12.7. The predicted molar refractivity (Wildman–Crippen MR) is 106 cm³/mol. The van der Waals surface area contributed by atoms with E-state index in [4.69, 9.17) is 4.74 Å². The van der Waals surface area contributed by atoms with Crippen LogP contribution in [0.2, 0.25) is 0 Å². The zero-order chi connectivity index (χ0) is 18.4. The number of carbonyl (C=O) groups excluding carboxylic acids is 1. The average molecular weight is 386 g/mol. The number of amides is 1. The third-order valence-electron chi connectivity index (χ3n) is 3.51. The Bertz CT molecular complexity index is 868. The minimum Gasteiger partial charge on any atom is -0.492 e. The number of anilines is 1. The second kappa shape index (κ2) is 8.82. The summed E-state index contributed by atoms with van der Waals surface area (Å²) in [5.41, 5.74) is 1.58. The van der Waals surface area contributed by atoms with Crippen molar-refractivity contribution in [2.24, 2.45) is 0 Å². The maximum absolute atomic E-state index is 13.0. The van der Waals surface area contributed by atoms with Crippen molar-refractivity contribution < 1.29 is 9.53 Å². The van der Waals surface area contributed by atoms with Crippen LogP contribution in [0.3, 0.4) is 0 Å². The molecule has 5 nitrogen and oxygen atoms in total. The van der Waals surface area contributed by atoms with Crippen LogP contribution in [-0.2, 0) is 4.79 Å². The molecule has 0 aliphatic carbocycles.